The number of aromatic amines is 1. The van der Waals surface area contributed by atoms with Crippen LogP contribution in [0.3, 0.4) is 0 Å². The SMILES string of the molecule is Cc1cn[nH]c1C1CCN(CC2CC2)C1. The average Bonchev–Trinajstić information content (AvgIpc) is 2.74. The van der Waals surface area contributed by atoms with E-state index in [1.54, 1.807) is 0 Å². The predicted octanol–water partition coefficient (Wildman–Crippen LogP) is 1.92. The molecule has 0 radical (unpaired) electrons. The number of rotatable bonds is 3. The van der Waals surface area contributed by atoms with E-state index >= 15 is 0 Å². The van der Waals surface area contributed by atoms with Gasteiger partial charge in [0, 0.05) is 24.7 Å². The van der Waals surface area contributed by atoms with E-state index in [1.165, 1.54) is 50.2 Å². The molecule has 3 rings (SSSR count). The topological polar surface area (TPSA) is 31.9 Å². The monoisotopic (exact) mass is 205 g/mol. The highest BCUT2D eigenvalue weighted by molar-refractivity contribution is 5.20. The van der Waals surface area contributed by atoms with Gasteiger partial charge in [0.25, 0.3) is 0 Å². The molecule has 1 aliphatic heterocycles. The van der Waals surface area contributed by atoms with Crippen LogP contribution in [0, 0.1) is 12.8 Å². The minimum atomic E-state index is 0.700. The molecule has 1 aromatic heterocycles. The van der Waals surface area contributed by atoms with Crippen LogP contribution < -0.4 is 0 Å². The van der Waals surface area contributed by atoms with Crippen LogP contribution in [-0.4, -0.2) is 34.7 Å². The van der Waals surface area contributed by atoms with E-state index in [2.05, 4.69) is 22.0 Å². The second-order valence-corrected chi connectivity index (χ2v) is 5.16. The minimum absolute atomic E-state index is 0.700. The molecule has 0 aromatic carbocycles. The molecule has 2 fully saturated rings. The van der Waals surface area contributed by atoms with E-state index in [9.17, 15) is 0 Å². The minimum Gasteiger partial charge on any atom is -0.302 e. The lowest BCUT2D eigenvalue weighted by atomic mass is 10.0. The molecule has 0 amide bonds. The third kappa shape index (κ3) is 1.93. The van der Waals surface area contributed by atoms with Gasteiger partial charge in [0.05, 0.1) is 6.20 Å². The second-order valence-electron chi connectivity index (χ2n) is 5.16. The summed E-state index contributed by atoms with van der Waals surface area (Å²) in [5, 5.41) is 7.28. The summed E-state index contributed by atoms with van der Waals surface area (Å²) in [5.74, 6) is 1.72. The van der Waals surface area contributed by atoms with E-state index in [1.807, 2.05) is 6.20 Å². The van der Waals surface area contributed by atoms with Gasteiger partial charge in [-0.1, -0.05) is 0 Å². The molecule has 82 valence electrons. The van der Waals surface area contributed by atoms with Gasteiger partial charge in [-0.15, -0.1) is 0 Å². The summed E-state index contributed by atoms with van der Waals surface area (Å²) in [6.07, 6.45) is 6.17. The van der Waals surface area contributed by atoms with Crippen molar-refractivity contribution >= 4 is 0 Å². The van der Waals surface area contributed by atoms with Crippen LogP contribution in [-0.2, 0) is 0 Å². The quantitative estimate of drug-likeness (QED) is 0.817. The normalized spacial score (nSPS) is 27.4. The molecule has 1 saturated heterocycles. The van der Waals surface area contributed by atoms with E-state index in [-0.39, 0.29) is 0 Å². The summed E-state index contributed by atoms with van der Waals surface area (Å²) in [4.78, 5) is 2.63. The number of aromatic nitrogens is 2. The zero-order valence-corrected chi connectivity index (χ0v) is 9.37. The zero-order valence-electron chi connectivity index (χ0n) is 9.37. The maximum atomic E-state index is 4.12. The third-order valence-corrected chi connectivity index (χ3v) is 3.76. The Hall–Kier alpha value is -0.830. The van der Waals surface area contributed by atoms with Crippen LogP contribution in [0.2, 0.25) is 0 Å². The Morgan fingerprint density at radius 3 is 3.00 bits per heavy atom. The van der Waals surface area contributed by atoms with Crippen LogP contribution in [0.1, 0.15) is 36.4 Å². The van der Waals surface area contributed by atoms with Gasteiger partial charge in [0.2, 0.25) is 0 Å². The summed E-state index contributed by atoms with van der Waals surface area (Å²) in [5.41, 5.74) is 2.70. The average molecular weight is 205 g/mol. The molecule has 3 nitrogen and oxygen atoms in total. The fourth-order valence-corrected chi connectivity index (χ4v) is 2.67. The highest BCUT2D eigenvalue weighted by Gasteiger charge is 2.30. The van der Waals surface area contributed by atoms with Crippen molar-refractivity contribution in [2.75, 3.05) is 19.6 Å². The number of H-pyrrole nitrogens is 1. The first-order chi connectivity index (χ1) is 7.33. The molecule has 1 aromatic rings. The van der Waals surface area contributed by atoms with Crippen LogP contribution in [0.15, 0.2) is 6.20 Å². The highest BCUT2D eigenvalue weighted by Crippen LogP contribution is 2.33. The van der Waals surface area contributed by atoms with Crippen LogP contribution in [0.5, 0.6) is 0 Å². The molecule has 3 heteroatoms. The zero-order chi connectivity index (χ0) is 10.3. The molecule has 2 heterocycles. The summed E-state index contributed by atoms with van der Waals surface area (Å²) in [7, 11) is 0. The molecule has 1 saturated carbocycles. The number of nitrogens with one attached hydrogen (secondary N) is 1. The second kappa shape index (κ2) is 3.63. The Bertz CT molecular complexity index is 340. The van der Waals surface area contributed by atoms with Crippen molar-refractivity contribution in [1.82, 2.24) is 15.1 Å². The van der Waals surface area contributed by atoms with Crippen molar-refractivity contribution in [1.29, 1.82) is 0 Å². The van der Waals surface area contributed by atoms with Gasteiger partial charge in [-0.25, -0.2) is 0 Å². The van der Waals surface area contributed by atoms with Gasteiger partial charge in [-0.05, 0) is 44.2 Å². The van der Waals surface area contributed by atoms with Crippen molar-refractivity contribution in [3.8, 4) is 0 Å². The number of likely N-dealkylation sites (tertiary alicyclic amines) is 1. The Labute approximate surface area is 90.9 Å². The van der Waals surface area contributed by atoms with E-state index < -0.39 is 0 Å². The summed E-state index contributed by atoms with van der Waals surface area (Å²) >= 11 is 0. The third-order valence-electron chi connectivity index (χ3n) is 3.76. The molecule has 2 aliphatic rings. The van der Waals surface area contributed by atoms with Crippen molar-refractivity contribution in [3.05, 3.63) is 17.5 Å². The lowest BCUT2D eigenvalue weighted by molar-refractivity contribution is 0.320. The lowest BCUT2D eigenvalue weighted by Gasteiger charge is -2.15. The molecular weight excluding hydrogens is 186 g/mol. The fraction of sp³-hybridized carbons (Fsp3) is 0.750. The van der Waals surface area contributed by atoms with Crippen LogP contribution in [0.25, 0.3) is 0 Å². The van der Waals surface area contributed by atoms with Crippen LogP contribution >= 0.6 is 0 Å². The van der Waals surface area contributed by atoms with Gasteiger partial charge < -0.3 is 4.90 Å². The first-order valence-corrected chi connectivity index (χ1v) is 6.05. The van der Waals surface area contributed by atoms with Gasteiger partial charge >= 0.3 is 0 Å². The molecule has 1 aliphatic carbocycles. The molecule has 0 spiro atoms. The van der Waals surface area contributed by atoms with Gasteiger partial charge in [-0.3, -0.25) is 5.10 Å². The van der Waals surface area contributed by atoms with Crippen molar-refractivity contribution in [2.45, 2.75) is 32.1 Å². The standard InChI is InChI=1S/C12H19N3/c1-9-6-13-14-12(9)11-4-5-15(8-11)7-10-2-3-10/h6,10-11H,2-5,7-8H2,1H3,(H,13,14). The van der Waals surface area contributed by atoms with Crippen LogP contribution in [0.4, 0.5) is 0 Å². The van der Waals surface area contributed by atoms with Gasteiger partial charge in [-0.2, -0.15) is 5.10 Å². The Morgan fingerprint density at radius 2 is 2.33 bits per heavy atom. The summed E-state index contributed by atoms with van der Waals surface area (Å²) < 4.78 is 0. The maximum absolute atomic E-state index is 4.12. The van der Waals surface area contributed by atoms with Gasteiger partial charge in [0.15, 0.2) is 0 Å². The van der Waals surface area contributed by atoms with Crippen molar-refractivity contribution in [3.63, 3.8) is 0 Å². The van der Waals surface area contributed by atoms with Gasteiger partial charge in [0.1, 0.15) is 0 Å². The maximum Gasteiger partial charge on any atom is 0.0519 e. The smallest absolute Gasteiger partial charge is 0.0519 e. The summed E-state index contributed by atoms with van der Waals surface area (Å²) in [6.45, 7) is 6.01. The largest absolute Gasteiger partial charge is 0.302 e. The lowest BCUT2D eigenvalue weighted by Crippen LogP contribution is -2.22. The Balaban J connectivity index is 1.62. The molecular formula is C12H19N3. The first kappa shape index (κ1) is 9.40. The van der Waals surface area contributed by atoms with Crippen molar-refractivity contribution < 1.29 is 0 Å². The molecule has 1 N–H and O–H groups in total. The number of aryl methyl sites for hydroxylation is 1. The van der Waals surface area contributed by atoms with E-state index in [0.29, 0.717) is 5.92 Å². The highest BCUT2D eigenvalue weighted by atomic mass is 15.2. The fourth-order valence-electron chi connectivity index (χ4n) is 2.67. The molecule has 1 unspecified atom stereocenters. The Kier molecular flexibility index (Phi) is 2.28. The van der Waals surface area contributed by atoms with E-state index in [0.717, 1.165) is 5.92 Å². The number of nitrogens with zero attached hydrogens (tertiary/aromatic N) is 2. The predicted molar refractivity (Wildman–Crippen MR) is 59.8 cm³/mol. The van der Waals surface area contributed by atoms with E-state index in [4.69, 9.17) is 0 Å². The number of hydrogen-bond acceptors (Lipinski definition) is 2. The first-order valence-electron chi connectivity index (χ1n) is 6.05. The molecule has 15 heavy (non-hydrogen) atoms. The Morgan fingerprint density at radius 1 is 1.47 bits per heavy atom. The molecule has 0 bridgehead atoms. The summed E-state index contributed by atoms with van der Waals surface area (Å²) in [6, 6.07) is 0. The molecule has 1 atom stereocenters. The van der Waals surface area contributed by atoms with Crippen molar-refractivity contribution in [2.24, 2.45) is 5.92 Å². The number of hydrogen-bond donors (Lipinski definition) is 1.